The molecule has 5 N–H and O–H groups in total. The Morgan fingerprint density at radius 3 is 2.50 bits per heavy atom. The number of rotatable bonds is 7. The SMILES string of the molecule is Nc1ccccc1NC(=O)/C=C/[C@H](Oc1ccccc1)[C@@H](O)c1cc(I)ccc1O. The lowest BCUT2D eigenvalue weighted by Crippen LogP contribution is -2.24. The van der Waals surface area contributed by atoms with E-state index >= 15 is 0 Å². The number of amides is 1. The Bertz CT molecular complexity index is 1040. The molecule has 0 unspecified atom stereocenters. The first-order chi connectivity index (χ1) is 14.4. The number of hydrogen-bond acceptors (Lipinski definition) is 5. The fourth-order valence-electron chi connectivity index (χ4n) is 2.77. The van der Waals surface area contributed by atoms with Gasteiger partial charge in [0.2, 0.25) is 5.91 Å². The van der Waals surface area contributed by atoms with E-state index in [-0.39, 0.29) is 5.75 Å². The van der Waals surface area contributed by atoms with Crippen LogP contribution in [0.3, 0.4) is 0 Å². The van der Waals surface area contributed by atoms with Crippen molar-refractivity contribution in [3.8, 4) is 11.5 Å². The number of halogens is 1. The van der Waals surface area contributed by atoms with Gasteiger partial charge in [-0.15, -0.1) is 0 Å². The molecule has 3 rings (SSSR count). The summed E-state index contributed by atoms with van der Waals surface area (Å²) in [7, 11) is 0. The summed E-state index contributed by atoms with van der Waals surface area (Å²) < 4.78 is 6.74. The average Bonchev–Trinajstić information content (AvgIpc) is 2.74. The fraction of sp³-hybridized carbons (Fsp3) is 0.0870. The van der Waals surface area contributed by atoms with Gasteiger partial charge < -0.3 is 26.0 Å². The molecule has 154 valence electrons. The normalized spacial score (nSPS) is 13.0. The molecular weight excluding hydrogens is 495 g/mol. The number of ether oxygens (including phenoxy) is 1. The number of carbonyl (C=O) groups excluding carboxylic acids is 1. The van der Waals surface area contributed by atoms with Gasteiger partial charge >= 0.3 is 0 Å². The zero-order valence-electron chi connectivity index (χ0n) is 15.9. The van der Waals surface area contributed by atoms with Crippen LogP contribution in [0.5, 0.6) is 11.5 Å². The predicted molar refractivity (Wildman–Crippen MR) is 125 cm³/mol. The quantitative estimate of drug-likeness (QED) is 0.214. The summed E-state index contributed by atoms with van der Waals surface area (Å²) in [5.41, 5.74) is 7.09. The molecule has 30 heavy (non-hydrogen) atoms. The van der Waals surface area contributed by atoms with Crippen LogP contribution in [0, 0.1) is 3.57 Å². The first-order valence-electron chi connectivity index (χ1n) is 9.16. The van der Waals surface area contributed by atoms with Crippen LogP contribution >= 0.6 is 22.6 Å². The smallest absolute Gasteiger partial charge is 0.248 e. The summed E-state index contributed by atoms with van der Waals surface area (Å²) in [4.78, 5) is 12.4. The first-order valence-corrected chi connectivity index (χ1v) is 10.2. The summed E-state index contributed by atoms with van der Waals surface area (Å²) in [5.74, 6) is 0.0390. The van der Waals surface area contributed by atoms with Crippen molar-refractivity contribution in [2.24, 2.45) is 0 Å². The third kappa shape index (κ3) is 5.74. The highest BCUT2D eigenvalue weighted by molar-refractivity contribution is 14.1. The van der Waals surface area contributed by atoms with Crippen LogP contribution in [-0.2, 0) is 4.79 Å². The van der Waals surface area contributed by atoms with Crippen LogP contribution in [0.25, 0.3) is 0 Å². The van der Waals surface area contributed by atoms with Crippen molar-refractivity contribution < 1.29 is 19.7 Å². The Morgan fingerprint density at radius 1 is 1.07 bits per heavy atom. The number of carbonyl (C=O) groups is 1. The van der Waals surface area contributed by atoms with Crippen LogP contribution in [0.1, 0.15) is 11.7 Å². The standard InChI is InChI=1S/C23H21IN2O4/c24-15-10-11-20(27)17(14-15)23(29)21(30-16-6-2-1-3-7-16)12-13-22(28)26-19-9-5-4-8-18(19)25/h1-14,21,23,27,29H,25H2,(H,26,28)/b13-12+/t21-,23-/m0/s1. The first kappa shape index (κ1) is 21.7. The highest BCUT2D eigenvalue weighted by Crippen LogP contribution is 2.30. The van der Waals surface area contributed by atoms with Gasteiger partial charge in [0.15, 0.2) is 0 Å². The van der Waals surface area contributed by atoms with Crippen LogP contribution < -0.4 is 15.8 Å². The van der Waals surface area contributed by atoms with Gasteiger partial charge in [-0.05, 0) is 71.1 Å². The van der Waals surface area contributed by atoms with Gasteiger partial charge in [-0.1, -0.05) is 30.3 Å². The van der Waals surface area contributed by atoms with Crippen molar-refractivity contribution in [2.45, 2.75) is 12.2 Å². The Hall–Kier alpha value is -3.04. The minimum Gasteiger partial charge on any atom is -0.508 e. The Balaban J connectivity index is 1.83. The topological polar surface area (TPSA) is 105 Å². The molecule has 7 heteroatoms. The average molecular weight is 516 g/mol. The molecule has 0 aromatic heterocycles. The van der Waals surface area contributed by atoms with Gasteiger partial charge in [-0.25, -0.2) is 0 Å². The maximum atomic E-state index is 12.4. The molecule has 0 aliphatic heterocycles. The minimum absolute atomic E-state index is 0.0560. The lowest BCUT2D eigenvalue weighted by Gasteiger charge is -2.22. The van der Waals surface area contributed by atoms with Crippen LogP contribution in [0.4, 0.5) is 11.4 Å². The fourth-order valence-corrected chi connectivity index (χ4v) is 3.29. The Morgan fingerprint density at radius 2 is 1.77 bits per heavy atom. The van der Waals surface area contributed by atoms with Crippen molar-refractivity contribution in [3.05, 3.63) is 94.1 Å². The number of anilines is 2. The predicted octanol–water partition coefficient (Wildman–Crippen LogP) is 4.25. The van der Waals surface area contributed by atoms with Crippen molar-refractivity contribution in [1.82, 2.24) is 0 Å². The van der Waals surface area contributed by atoms with E-state index in [1.807, 2.05) is 6.07 Å². The molecule has 6 nitrogen and oxygen atoms in total. The number of aliphatic hydroxyl groups is 1. The number of aliphatic hydroxyl groups excluding tert-OH is 1. The zero-order valence-corrected chi connectivity index (χ0v) is 18.1. The van der Waals surface area contributed by atoms with Gasteiger partial charge in [0.25, 0.3) is 0 Å². The number of phenolic OH excluding ortho intramolecular Hbond substituents is 1. The number of para-hydroxylation sites is 3. The van der Waals surface area contributed by atoms with Gasteiger partial charge in [-0.2, -0.15) is 0 Å². The molecule has 0 saturated carbocycles. The summed E-state index contributed by atoms with van der Waals surface area (Å²) in [6, 6.07) is 20.8. The molecule has 0 radical (unpaired) electrons. The monoisotopic (exact) mass is 516 g/mol. The number of nitrogen functional groups attached to an aromatic ring is 1. The molecule has 0 saturated heterocycles. The lowest BCUT2D eigenvalue weighted by atomic mass is 10.0. The van der Waals surface area contributed by atoms with Gasteiger partial charge in [-0.3, -0.25) is 4.79 Å². The number of phenols is 1. The van der Waals surface area contributed by atoms with Crippen molar-refractivity contribution >= 4 is 39.9 Å². The highest BCUT2D eigenvalue weighted by Gasteiger charge is 2.24. The van der Waals surface area contributed by atoms with Gasteiger partial charge in [0, 0.05) is 15.2 Å². The molecule has 0 heterocycles. The van der Waals surface area contributed by atoms with Crippen molar-refractivity contribution in [1.29, 1.82) is 0 Å². The second-order valence-corrected chi connectivity index (χ2v) is 7.72. The maximum absolute atomic E-state index is 12.4. The molecule has 0 aliphatic carbocycles. The lowest BCUT2D eigenvalue weighted by molar-refractivity contribution is -0.112. The van der Waals surface area contributed by atoms with Crippen LogP contribution in [0.15, 0.2) is 84.9 Å². The maximum Gasteiger partial charge on any atom is 0.248 e. The van der Waals surface area contributed by atoms with Gasteiger partial charge in [0.1, 0.15) is 23.7 Å². The van der Waals surface area contributed by atoms with Crippen LogP contribution in [0.2, 0.25) is 0 Å². The molecule has 2 atom stereocenters. The Kier molecular flexibility index (Phi) is 7.31. The van der Waals surface area contributed by atoms with E-state index in [2.05, 4.69) is 27.9 Å². The zero-order chi connectivity index (χ0) is 21.5. The second kappa shape index (κ2) is 10.1. The van der Waals surface area contributed by atoms with Crippen molar-refractivity contribution in [2.75, 3.05) is 11.1 Å². The van der Waals surface area contributed by atoms with E-state index in [9.17, 15) is 15.0 Å². The summed E-state index contributed by atoms with van der Waals surface area (Å²) >= 11 is 2.09. The molecule has 1 amide bonds. The third-order valence-electron chi connectivity index (χ3n) is 4.29. The number of benzene rings is 3. The van der Waals surface area contributed by atoms with Crippen LogP contribution in [-0.4, -0.2) is 22.2 Å². The number of hydrogen-bond donors (Lipinski definition) is 4. The summed E-state index contributed by atoms with van der Waals surface area (Å²) in [6.45, 7) is 0. The largest absolute Gasteiger partial charge is 0.508 e. The number of nitrogens with one attached hydrogen (secondary N) is 1. The second-order valence-electron chi connectivity index (χ2n) is 6.48. The van der Waals surface area contributed by atoms with E-state index in [0.717, 1.165) is 3.57 Å². The van der Waals surface area contributed by atoms with E-state index in [0.29, 0.717) is 22.7 Å². The molecule has 0 bridgehead atoms. The van der Waals surface area contributed by atoms with Crippen molar-refractivity contribution in [3.63, 3.8) is 0 Å². The Labute approximate surface area is 188 Å². The molecule has 0 spiro atoms. The molecule has 3 aromatic rings. The van der Waals surface area contributed by atoms with Gasteiger partial charge in [0.05, 0.1) is 11.4 Å². The molecule has 3 aromatic carbocycles. The summed E-state index contributed by atoms with van der Waals surface area (Å²) in [6.07, 6.45) is 0.598. The highest BCUT2D eigenvalue weighted by atomic mass is 127. The van der Waals surface area contributed by atoms with E-state index < -0.39 is 18.1 Å². The third-order valence-corrected chi connectivity index (χ3v) is 4.96. The molecule has 0 fully saturated rings. The molecule has 0 aliphatic rings. The number of aromatic hydroxyl groups is 1. The van der Waals surface area contributed by atoms with E-state index in [4.69, 9.17) is 10.5 Å². The summed E-state index contributed by atoms with van der Waals surface area (Å²) in [5, 5.41) is 23.8. The molecular formula is C23H21IN2O4. The number of nitrogens with two attached hydrogens (primary N) is 1. The minimum atomic E-state index is -1.20. The van der Waals surface area contributed by atoms with E-state index in [1.54, 1.807) is 60.7 Å². The van der Waals surface area contributed by atoms with E-state index in [1.165, 1.54) is 18.2 Å².